The number of benzene rings is 3. The Morgan fingerprint density at radius 1 is 1.00 bits per heavy atom. The van der Waals surface area contributed by atoms with Gasteiger partial charge in [-0.1, -0.05) is 30.3 Å². The third-order valence-electron chi connectivity index (χ3n) is 4.11. The molecular formula is C20H16F3NO4S. The van der Waals surface area contributed by atoms with E-state index in [-0.39, 0.29) is 10.6 Å². The quantitative estimate of drug-likeness (QED) is 0.612. The van der Waals surface area contributed by atoms with Gasteiger partial charge >= 0.3 is 6.61 Å². The highest BCUT2D eigenvalue weighted by molar-refractivity contribution is 7.91. The van der Waals surface area contributed by atoms with Gasteiger partial charge in [0.2, 0.25) is 5.91 Å². The van der Waals surface area contributed by atoms with E-state index in [1.54, 1.807) is 18.2 Å². The summed E-state index contributed by atoms with van der Waals surface area (Å²) in [7, 11) is -3.75. The average molecular weight is 423 g/mol. The number of anilines is 1. The fourth-order valence-electron chi connectivity index (χ4n) is 2.71. The molecule has 0 aliphatic rings. The molecule has 0 atom stereocenters. The van der Waals surface area contributed by atoms with Crippen molar-refractivity contribution in [2.24, 2.45) is 0 Å². The van der Waals surface area contributed by atoms with Crippen LogP contribution in [0.4, 0.5) is 18.9 Å². The van der Waals surface area contributed by atoms with E-state index in [9.17, 15) is 26.4 Å². The van der Waals surface area contributed by atoms with Gasteiger partial charge in [-0.05, 0) is 35.0 Å². The first kappa shape index (κ1) is 20.7. The van der Waals surface area contributed by atoms with Gasteiger partial charge in [-0.2, -0.15) is 8.78 Å². The Kier molecular flexibility index (Phi) is 6.07. The van der Waals surface area contributed by atoms with Crippen molar-refractivity contribution in [1.29, 1.82) is 0 Å². The lowest BCUT2D eigenvalue weighted by Gasteiger charge is -2.12. The largest absolute Gasteiger partial charge is 0.432 e. The van der Waals surface area contributed by atoms with Crippen molar-refractivity contribution < 1.29 is 31.1 Å². The summed E-state index contributed by atoms with van der Waals surface area (Å²) < 4.78 is 67.3. The van der Waals surface area contributed by atoms with Crippen molar-refractivity contribution in [3.8, 4) is 5.75 Å². The fraction of sp³-hybridized carbons (Fsp3) is 0.150. The maximum atomic E-state index is 13.2. The van der Waals surface area contributed by atoms with Gasteiger partial charge in [0.1, 0.15) is 5.82 Å². The molecule has 0 saturated carbocycles. The maximum Gasteiger partial charge on any atom is 0.387 e. The smallest absolute Gasteiger partial charge is 0.387 e. The summed E-state index contributed by atoms with van der Waals surface area (Å²) in [5.41, 5.74) is -0.181. The number of carbonyl (C=O) groups is 1. The van der Waals surface area contributed by atoms with Gasteiger partial charge in [0.05, 0.1) is 16.3 Å². The molecule has 152 valence electrons. The molecule has 5 nitrogen and oxygen atoms in total. The topological polar surface area (TPSA) is 72.5 Å². The summed E-state index contributed by atoms with van der Waals surface area (Å²) in [5.74, 6) is -2.59. The zero-order valence-corrected chi connectivity index (χ0v) is 15.8. The molecule has 0 aromatic heterocycles. The van der Waals surface area contributed by atoms with Crippen LogP contribution in [-0.4, -0.2) is 26.7 Å². The summed E-state index contributed by atoms with van der Waals surface area (Å²) in [6, 6.07) is 14.6. The predicted octanol–water partition coefficient (Wildman–Crippen LogP) is 4.38. The number of hydrogen-bond donors (Lipinski definition) is 1. The third kappa shape index (κ3) is 5.26. The molecule has 29 heavy (non-hydrogen) atoms. The highest BCUT2D eigenvalue weighted by Gasteiger charge is 2.18. The number of sulfone groups is 1. The SMILES string of the molecule is O=C(CCS(=O)(=O)c1ccc2ccccc2c1)Nc1ccc(F)cc1OC(F)F. The van der Waals surface area contributed by atoms with Crippen LogP contribution in [0.2, 0.25) is 0 Å². The molecule has 9 heteroatoms. The number of hydrogen-bond acceptors (Lipinski definition) is 4. The Morgan fingerprint density at radius 3 is 2.45 bits per heavy atom. The second-order valence-electron chi connectivity index (χ2n) is 6.14. The van der Waals surface area contributed by atoms with Crippen LogP contribution < -0.4 is 10.1 Å². The Bertz CT molecular complexity index is 1150. The van der Waals surface area contributed by atoms with Crippen LogP contribution in [-0.2, 0) is 14.6 Å². The molecule has 0 radical (unpaired) electrons. The molecule has 0 saturated heterocycles. The molecule has 3 rings (SSSR count). The highest BCUT2D eigenvalue weighted by atomic mass is 32.2. The van der Waals surface area contributed by atoms with Crippen molar-refractivity contribution in [1.82, 2.24) is 0 Å². The van der Waals surface area contributed by atoms with Crippen LogP contribution >= 0.6 is 0 Å². The molecule has 3 aromatic carbocycles. The van der Waals surface area contributed by atoms with Crippen LogP contribution in [0.15, 0.2) is 65.6 Å². The number of nitrogens with one attached hydrogen (secondary N) is 1. The number of rotatable bonds is 7. The lowest BCUT2D eigenvalue weighted by atomic mass is 10.1. The van der Waals surface area contributed by atoms with Crippen molar-refractivity contribution >= 4 is 32.2 Å². The van der Waals surface area contributed by atoms with Gasteiger partial charge in [0.15, 0.2) is 15.6 Å². The van der Waals surface area contributed by atoms with Gasteiger partial charge in [0.25, 0.3) is 0 Å². The number of alkyl halides is 2. The Balaban J connectivity index is 1.69. The van der Waals surface area contributed by atoms with Crippen molar-refractivity contribution in [3.05, 3.63) is 66.5 Å². The maximum absolute atomic E-state index is 13.2. The van der Waals surface area contributed by atoms with E-state index in [4.69, 9.17) is 0 Å². The van der Waals surface area contributed by atoms with Crippen LogP contribution in [0.1, 0.15) is 6.42 Å². The standard InChI is InChI=1S/C20H16F3NO4S/c21-15-6-8-17(18(12-15)28-20(22)23)24-19(25)9-10-29(26,27)16-7-5-13-3-1-2-4-14(13)11-16/h1-8,11-12,20H,9-10H2,(H,24,25). The molecule has 1 N–H and O–H groups in total. The van der Waals surface area contributed by atoms with Crippen molar-refractivity contribution in [2.75, 3.05) is 11.1 Å². The summed E-state index contributed by atoms with van der Waals surface area (Å²) in [6.07, 6.45) is -0.416. The van der Waals surface area contributed by atoms with E-state index in [0.29, 0.717) is 6.07 Å². The van der Waals surface area contributed by atoms with Crippen molar-refractivity contribution in [2.45, 2.75) is 17.9 Å². The van der Waals surface area contributed by atoms with Gasteiger partial charge in [-0.25, -0.2) is 12.8 Å². The number of ether oxygens (including phenoxy) is 1. The third-order valence-corrected chi connectivity index (χ3v) is 5.83. The predicted molar refractivity (Wildman–Crippen MR) is 102 cm³/mol. The lowest BCUT2D eigenvalue weighted by Crippen LogP contribution is -2.18. The zero-order valence-electron chi connectivity index (χ0n) is 14.9. The summed E-state index contributed by atoms with van der Waals surface area (Å²) >= 11 is 0. The van der Waals surface area contributed by atoms with E-state index in [2.05, 4.69) is 10.1 Å². The lowest BCUT2D eigenvalue weighted by molar-refractivity contribution is -0.115. The number of halogens is 3. The number of carbonyl (C=O) groups excluding carboxylic acids is 1. The zero-order chi connectivity index (χ0) is 21.0. The summed E-state index contributed by atoms with van der Waals surface area (Å²) in [6.45, 7) is -3.21. The van der Waals surface area contributed by atoms with Gasteiger partial charge in [-0.3, -0.25) is 4.79 Å². The normalized spacial score (nSPS) is 11.6. The molecule has 0 aliphatic carbocycles. The summed E-state index contributed by atoms with van der Waals surface area (Å²) in [4.78, 5) is 12.2. The molecule has 3 aromatic rings. The van der Waals surface area contributed by atoms with Gasteiger partial charge < -0.3 is 10.1 Å². The minimum Gasteiger partial charge on any atom is -0.432 e. The Labute approximate surface area is 165 Å². The second-order valence-corrected chi connectivity index (χ2v) is 8.25. The monoisotopic (exact) mass is 423 g/mol. The second kappa shape index (κ2) is 8.52. The van der Waals surface area contributed by atoms with Crippen LogP contribution in [0, 0.1) is 5.82 Å². The average Bonchev–Trinajstić information content (AvgIpc) is 2.68. The van der Waals surface area contributed by atoms with Crippen LogP contribution in [0.25, 0.3) is 10.8 Å². The van der Waals surface area contributed by atoms with Crippen LogP contribution in [0.5, 0.6) is 5.75 Å². The minimum atomic E-state index is -3.75. The van der Waals surface area contributed by atoms with Gasteiger partial charge in [-0.15, -0.1) is 0 Å². The molecule has 0 spiro atoms. The van der Waals surface area contributed by atoms with E-state index in [1.807, 2.05) is 12.1 Å². The van der Waals surface area contributed by atoms with E-state index < -0.39 is 46.1 Å². The first-order valence-corrected chi connectivity index (χ1v) is 10.2. The Hall–Kier alpha value is -3.07. The molecule has 0 fully saturated rings. The number of fused-ring (bicyclic) bond motifs is 1. The summed E-state index contributed by atoms with van der Waals surface area (Å²) in [5, 5.41) is 3.90. The molecule has 0 unspecified atom stereocenters. The highest BCUT2D eigenvalue weighted by Crippen LogP contribution is 2.27. The first-order valence-electron chi connectivity index (χ1n) is 8.50. The van der Waals surface area contributed by atoms with Gasteiger partial charge in [0, 0.05) is 12.5 Å². The molecule has 0 heterocycles. The van der Waals surface area contributed by atoms with Crippen LogP contribution in [0.3, 0.4) is 0 Å². The Morgan fingerprint density at radius 2 is 1.72 bits per heavy atom. The molecule has 0 bridgehead atoms. The molecule has 0 aliphatic heterocycles. The van der Waals surface area contributed by atoms with E-state index in [1.165, 1.54) is 12.1 Å². The van der Waals surface area contributed by atoms with E-state index >= 15 is 0 Å². The van der Waals surface area contributed by atoms with Crippen molar-refractivity contribution in [3.63, 3.8) is 0 Å². The molecular weight excluding hydrogens is 407 g/mol. The van der Waals surface area contributed by atoms with E-state index in [0.717, 1.165) is 22.9 Å². The fourth-order valence-corrected chi connectivity index (χ4v) is 3.98. The molecule has 1 amide bonds. The minimum absolute atomic E-state index is 0.0764. The first-order chi connectivity index (χ1) is 13.7. The number of amides is 1.